The molecule has 0 aromatic rings. The van der Waals surface area contributed by atoms with Gasteiger partial charge in [0, 0.05) is 13.6 Å². The molecule has 0 saturated carbocycles. The smallest absolute Gasteiger partial charge is 0.239 e. The van der Waals surface area contributed by atoms with Crippen molar-refractivity contribution in [3.8, 4) is 0 Å². The summed E-state index contributed by atoms with van der Waals surface area (Å²) < 4.78 is 0. The predicted octanol–water partition coefficient (Wildman–Crippen LogP) is 1.49. The maximum Gasteiger partial charge on any atom is 0.239 e. The maximum absolute atomic E-state index is 11.6. The van der Waals surface area contributed by atoms with Gasteiger partial charge in [0.15, 0.2) is 0 Å². The zero-order valence-electron chi connectivity index (χ0n) is 10.6. The minimum atomic E-state index is 0.0554. The number of amides is 1. The average Bonchev–Trinajstić information content (AvgIpc) is 2.43. The van der Waals surface area contributed by atoms with E-state index in [1.54, 1.807) is 4.90 Å². The molecule has 3 heteroatoms. The molecule has 0 aromatic heterocycles. The van der Waals surface area contributed by atoms with Gasteiger partial charge in [0.05, 0.1) is 6.04 Å². The van der Waals surface area contributed by atoms with Gasteiger partial charge in [0.1, 0.15) is 0 Å². The second kappa shape index (κ2) is 4.52. The van der Waals surface area contributed by atoms with E-state index < -0.39 is 0 Å². The molecule has 15 heavy (non-hydrogen) atoms. The van der Waals surface area contributed by atoms with Crippen molar-refractivity contribution < 1.29 is 4.79 Å². The molecule has 88 valence electrons. The van der Waals surface area contributed by atoms with E-state index in [0.717, 1.165) is 19.5 Å². The van der Waals surface area contributed by atoms with Crippen molar-refractivity contribution in [2.45, 2.75) is 40.2 Å². The van der Waals surface area contributed by atoms with Crippen LogP contribution in [0.15, 0.2) is 0 Å². The number of carbonyl (C=O) groups is 1. The Hall–Kier alpha value is -0.570. The van der Waals surface area contributed by atoms with Crippen molar-refractivity contribution in [3.05, 3.63) is 0 Å². The molecule has 1 fully saturated rings. The Balaban J connectivity index is 2.35. The fourth-order valence-corrected chi connectivity index (χ4v) is 1.64. The molecule has 1 aliphatic rings. The highest BCUT2D eigenvalue weighted by Crippen LogP contribution is 2.24. The lowest BCUT2D eigenvalue weighted by Gasteiger charge is -2.28. The highest BCUT2D eigenvalue weighted by Gasteiger charge is 2.29. The summed E-state index contributed by atoms with van der Waals surface area (Å²) in [7, 11) is 1.87. The number of nitrogens with one attached hydrogen (secondary N) is 1. The molecular weight excluding hydrogens is 188 g/mol. The van der Waals surface area contributed by atoms with Gasteiger partial charge >= 0.3 is 0 Å². The lowest BCUT2D eigenvalue weighted by atomic mass is 9.82. The zero-order chi connectivity index (χ0) is 11.6. The van der Waals surface area contributed by atoms with Gasteiger partial charge in [0.2, 0.25) is 5.91 Å². The molecule has 1 saturated heterocycles. The summed E-state index contributed by atoms with van der Waals surface area (Å²) in [5.41, 5.74) is 0.306. The van der Waals surface area contributed by atoms with Crippen molar-refractivity contribution in [2.24, 2.45) is 11.3 Å². The number of hydrogen-bond acceptors (Lipinski definition) is 2. The van der Waals surface area contributed by atoms with E-state index in [9.17, 15) is 4.79 Å². The summed E-state index contributed by atoms with van der Waals surface area (Å²) in [5.74, 6) is 0.826. The van der Waals surface area contributed by atoms with Crippen LogP contribution in [-0.2, 0) is 4.79 Å². The largest absolute Gasteiger partial charge is 0.344 e. The molecule has 0 bridgehead atoms. The van der Waals surface area contributed by atoms with E-state index >= 15 is 0 Å². The molecule has 1 rings (SSSR count). The molecule has 2 unspecified atom stereocenters. The number of likely N-dealkylation sites (tertiary alicyclic amines) is 1. The summed E-state index contributed by atoms with van der Waals surface area (Å²) in [6.45, 7) is 10.8. The molecule has 1 heterocycles. The SMILES string of the molecule is CC(CNC1CCN(C)C1=O)C(C)(C)C. The van der Waals surface area contributed by atoms with Crippen molar-refractivity contribution >= 4 is 5.91 Å². The molecule has 0 aromatic carbocycles. The Morgan fingerprint density at radius 2 is 2.13 bits per heavy atom. The molecule has 1 aliphatic heterocycles. The predicted molar refractivity (Wildman–Crippen MR) is 62.7 cm³/mol. The third kappa shape index (κ3) is 3.20. The van der Waals surface area contributed by atoms with Crippen molar-refractivity contribution in [1.82, 2.24) is 10.2 Å². The van der Waals surface area contributed by atoms with Crippen LogP contribution in [0.25, 0.3) is 0 Å². The lowest BCUT2D eigenvalue weighted by Crippen LogP contribution is -2.41. The summed E-state index contributed by atoms with van der Waals surface area (Å²) >= 11 is 0. The molecule has 1 N–H and O–H groups in total. The topological polar surface area (TPSA) is 32.3 Å². The molecule has 3 nitrogen and oxygen atoms in total. The van der Waals surface area contributed by atoms with Gasteiger partial charge in [-0.3, -0.25) is 4.79 Å². The monoisotopic (exact) mass is 212 g/mol. The molecule has 0 spiro atoms. The Morgan fingerprint density at radius 3 is 2.53 bits per heavy atom. The summed E-state index contributed by atoms with van der Waals surface area (Å²) in [6, 6.07) is 0.0554. The van der Waals surface area contributed by atoms with Gasteiger partial charge in [-0.05, 0) is 24.3 Å². The second-order valence-corrected chi connectivity index (χ2v) is 5.78. The summed E-state index contributed by atoms with van der Waals surface area (Å²) in [5, 5.41) is 3.38. The second-order valence-electron chi connectivity index (χ2n) is 5.78. The average molecular weight is 212 g/mol. The lowest BCUT2D eigenvalue weighted by molar-refractivity contribution is -0.128. The molecule has 1 amide bonds. The van der Waals surface area contributed by atoms with Gasteiger partial charge < -0.3 is 10.2 Å². The van der Waals surface area contributed by atoms with Crippen molar-refractivity contribution in [1.29, 1.82) is 0 Å². The minimum Gasteiger partial charge on any atom is -0.344 e. The van der Waals surface area contributed by atoms with Crippen LogP contribution >= 0.6 is 0 Å². The first kappa shape index (κ1) is 12.5. The third-order valence-corrected chi connectivity index (χ3v) is 3.58. The van der Waals surface area contributed by atoms with Crippen LogP contribution in [0.4, 0.5) is 0 Å². The Labute approximate surface area is 93.2 Å². The van der Waals surface area contributed by atoms with Gasteiger partial charge in [0.25, 0.3) is 0 Å². The first-order chi connectivity index (χ1) is 6.82. The van der Waals surface area contributed by atoms with Crippen LogP contribution in [0, 0.1) is 11.3 Å². The van der Waals surface area contributed by atoms with Crippen LogP contribution in [0.5, 0.6) is 0 Å². The van der Waals surface area contributed by atoms with Gasteiger partial charge in [-0.1, -0.05) is 27.7 Å². The van der Waals surface area contributed by atoms with E-state index in [0.29, 0.717) is 11.3 Å². The van der Waals surface area contributed by atoms with Gasteiger partial charge in [-0.25, -0.2) is 0 Å². The van der Waals surface area contributed by atoms with Gasteiger partial charge in [-0.15, -0.1) is 0 Å². The normalized spacial score (nSPS) is 24.7. The van der Waals surface area contributed by atoms with Crippen LogP contribution in [0.2, 0.25) is 0 Å². The highest BCUT2D eigenvalue weighted by atomic mass is 16.2. The number of likely N-dealkylation sites (N-methyl/N-ethyl adjacent to an activating group) is 1. The van der Waals surface area contributed by atoms with Gasteiger partial charge in [-0.2, -0.15) is 0 Å². The Morgan fingerprint density at radius 1 is 1.53 bits per heavy atom. The standard InChI is InChI=1S/C12H24N2O/c1-9(12(2,3)4)8-13-10-6-7-14(5)11(10)15/h9-10,13H,6-8H2,1-5H3. The van der Waals surface area contributed by atoms with E-state index in [-0.39, 0.29) is 11.9 Å². The first-order valence-electron chi connectivity index (χ1n) is 5.80. The number of carbonyl (C=O) groups excluding carboxylic acids is 1. The van der Waals surface area contributed by atoms with E-state index in [4.69, 9.17) is 0 Å². The zero-order valence-corrected chi connectivity index (χ0v) is 10.6. The quantitative estimate of drug-likeness (QED) is 0.768. The summed E-state index contributed by atoms with van der Waals surface area (Å²) in [4.78, 5) is 13.4. The van der Waals surface area contributed by atoms with Crippen molar-refractivity contribution in [3.63, 3.8) is 0 Å². The van der Waals surface area contributed by atoms with Crippen LogP contribution in [0.1, 0.15) is 34.1 Å². The van der Waals surface area contributed by atoms with Crippen molar-refractivity contribution in [2.75, 3.05) is 20.1 Å². The van der Waals surface area contributed by atoms with Crippen LogP contribution in [-0.4, -0.2) is 37.0 Å². The Bertz CT molecular complexity index is 232. The molecule has 0 aliphatic carbocycles. The Kier molecular flexibility index (Phi) is 3.77. The molecule has 0 radical (unpaired) electrons. The fourth-order valence-electron chi connectivity index (χ4n) is 1.64. The number of hydrogen-bond donors (Lipinski definition) is 1. The van der Waals surface area contributed by atoms with E-state index in [1.165, 1.54) is 0 Å². The first-order valence-corrected chi connectivity index (χ1v) is 5.80. The summed E-state index contributed by atoms with van der Waals surface area (Å²) in [6.07, 6.45) is 0.951. The highest BCUT2D eigenvalue weighted by molar-refractivity contribution is 5.83. The number of rotatable bonds is 3. The minimum absolute atomic E-state index is 0.0554. The van der Waals surface area contributed by atoms with E-state index in [2.05, 4.69) is 33.0 Å². The van der Waals surface area contributed by atoms with Crippen LogP contribution < -0.4 is 5.32 Å². The van der Waals surface area contributed by atoms with E-state index in [1.807, 2.05) is 7.05 Å². The maximum atomic E-state index is 11.6. The number of nitrogens with zero attached hydrogens (tertiary/aromatic N) is 1. The fraction of sp³-hybridized carbons (Fsp3) is 0.917. The molecule has 2 atom stereocenters. The third-order valence-electron chi connectivity index (χ3n) is 3.58. The van der Waals surface area contributed by atoms with Crippen LogP contribution in [0.3, 0.4) is 0 Å². The molecular formula is C12H24N2O.